The van der Waals surface area contributed by atoms with Crippen LogP contribution in [0, 0.1) is 13.8 Å². The summed E-state index contributed by atoms with van der Waals surface area (Å²) in [6.45, 7) is 4.75. The van der Waals surface area contributed by atoms with Crippen LogP contribution in [-0.2, 0) is 6.54 Å². The third kappa shape index (κ3) is 3.00. The SMILES string of the molecule is Cc1cc(C)nc(N(C)Cc2ccncc2)n1. The van der Waals surface area contributed by atoms with Gasteiger partial charge < -0.3 is 4.90 Å². The third-order valence-corrected chi connectivity index (χ3v) is 2.48. The van der Waals surface area contributed by atoms with Crippen LogP contribution in [0.5, 0.6) is 0 Å². The largest absolute Gasteiger partial charge is 0.340 e. The molecule has 0 N–H and O–H groups in total. The summed E-state index contributed by atoms with van der Waals surface area (Å²) >= 11 is 0. The van der Waals surface area contributed by atoms with E-state index >= 15 is 0 Å². The van der Waals surface area contributed by atoms with E-state index in [0.717, 1.165) is 23.9 Å². The van der Waals surface area contributed by atoms with E-state index in [1.807, 2.05) is 44.0 Å². The van der Waals surface area contributed by atoms with Crippen molar-refractivity contribution in [2.24, 2.45) is 0 Å². The zero-order chi connectivity index (χ0) is 12.3. The molecule has 0 fully saturated rings. The molecule has 0 aliphatic carbocycles. The molecule has 0 unspecified atom stereocenters. The topological polar surface area (TPSA) is 41.9 Å². The minimum atomic E-state index is 0.763. The van der Waals surface area contributed by atoms with Crippen molar-refractivity contribution < 1.29 is 0 Å². The van der Waals surface area contributed by atoms with E-state index in [1.54, 1.807) is 12.4 Å². The minimum absolute atomic E-state index is 0.763. The fourth-order valence-corrected chi connectivity index (χ4v) is 1.71. The Morgan fingerprint density at radius 3 is 2.24 bits per heavy atom. The highest BCUT2D eigenvalue weighted by atomic mass is 15.2. The van der Waals surface area contributed by atoms with Crippen molar-refractivity contribution in [2.45, 2.75) is 20.4 Å². The van der Waals surface area contributed by atoms with Crippen molar-refractivity contribution in [3.05, 3.63) is 47.5 Å². The quantitative estimate of drug-likeness (QED) is 0.807. The number of anilines is 1. The lowest BCUT2D eigenvalue weighted by Crippen LogP contribution is -2.19. The summed E-state index contributed by atoms with van der Waals surface area (Å²) in [5.74, 6) is 0.763. The van der Waals surface area contributed by atoms with Gasteiger partial charge in [-0.2, -0.15) is 0 Å². The fourth-order valence-electron chi connectivity index (χ4n) is 1.71. The first-order valence-electron chi connectivity index (χ1n) is 5.57. The van der Waals surface area contributed by atoms with E-state index in [-0.39, 0.29) is 0 Å². The minimum Gasteiger partial charge on any atom is -0.340 e. The molecule has 0 amide bonds. The molecule has 0 radical (unpaired) electrons. The predicted octanol–water partition coefficient (Wildman–Crippen LogP) is 2.12. The number of pyridine rings is 1. The molecule has 0 spiro atoms. The van der Waals surface area contributed by atoms with Crippen molar-refractivity contribution in [2.75, 3.05) is 11.9 Å². The molecule has 0 saturated carbocycles. The average Bonchev–Trinajstić information content (AvgIpc) is 2.29. The highest BCUT2D eigenvalue weighted by Crippen LogP contribution is 2.11. The zero-order valence-corrected chi connectivity index (χ0v) is 10.4. The van der Waals surface area contributed by atoms with Gasteiger partial charge in [0.15, 0.2) is 0 Å². The molecule has 0 bridgehead atoms. The first-order chi connectivity index (χ1) is 8.15. The smallest absolute Gasteiger partial charge is 0.225 e. The van der Waals surface area contributed by atoms with E-state index in [1.165, 1.54) is 5.56 Å². The van der Waals surface area contributed by atoms with Gasteiger partial charge in [-0.25, -0.2) is 9.97 Å². The lowest BCUT2D eigenvalue weighted by molar-refractivity contribution is 0.850. The standard InChI is InChI=1S/C13H16N4/c1-10-8-11(2)16-13(15-10)17(3)9-12-4-6-14-7-5-12/h4-8H,9H2,1-3H3. The molecule has 0 aromatic carbocycles. The zero-order valence-electron chi connectivity index (χ0n) is 10.4. The van der Waals surface area contributed by atoms with Crippen LogP contribution in [0.2, 0.25) is 0 Å². The molecule has 0 aliphatic rings. The highest BCUT2D eigenvalue weighted by molar-refractivity contribution is 5.32. The van der Waals surface area contributed by atoms with Crippen LogP contribution in [0.3, 0.4) is 0 Å². The normalized spacial score (nSPS) is 10.3. The van der Waals surface area contributed by atoms with Gasteiger partial charge in [-0.3, -0.25) is 4.98 Å². The molecular weight excluding hydrogens is 212 g/mol. The lowest BCUT2D eigenvalue weighted by Gasteiger charge is -2.17. The summed E-state index contributed by atoms with van der Waals surface area (Å²) in [6, 6.07) is 5.97. The summed E-state index contributed by atoms with van der Waals surface area (Å²) in [5, 5.41) is 0. The molecule has 0 aliphatic heterocycles. The second-order valence-corrected chi connectivity index (χ2v) is 4.16. The van der Waals surface area contributed by atoms with Gasteiger partial charge in [0.2, 0.25) is 5.95 Å². The summed E-state index contributed by atoms with van der Waals surface area (Å²) in [6.07, 6.45) is 3.59. The molecular formula is C13H16N4. The molecule has 4 nitrogen and oxygen atoms in total. The molecule has 0 atom stereocenters. The molecule has 0 saturated heterocycles. The van der Waals surface area contributed by atoms with Crippen LogP contribution >= 0.6 is 0 Å². The van der Waals surface area contributed by atoms with Gasteiger partial charge in [-0.1, -0.05) is 0 Å². The van der Waals surface area contributed by atoms with Gasteiger partial charge in [0.1, 0.15) is 0 Å². The summed E-state index contributed by atoms with van der Waals surface area (Å²) in [5.41, 5.74) is 3.19. The maximum Gasteiger partial charge on any atom is 0.225 e. The van der Waals surface area contributed by atoms with Gasteiger partial charge in [0.05, 0.1) is 0 Å². The number of hydrogen-bond donors (Lipinski definition) is 0. The van der Waals surface area contributed by atoms with Crippen molar-refractivity contribution in [1.29, 1.82) is 0 Å². The molecule has 88 valence electrons. The Labute approximate surface area is 101 Å². The number of nitrogens with zero attached hydrogens (tertiary/aromatic N) is 4. The van der Waals surface area contributed by atoms with Gasteiger partial charge in [0, 0.05) is 37.4 Å². The second kappa shape index (κ2) is 4.91. The Hall–Kier alpha value is -1.97. The maximum atomic E-state index is 4.43. The van der Waals surface area contributed by atoms with Crippen LogP contribution in [-0.4, -0.2) is 22.0 Å². The van der Waals surface area contributed by atoms with Crippen LogP contribution < -0.4 is 4.90 Å². The highest BCUT2D eigenvalue weighted by Gasteiger charge is 2.06. The Morgan fingerprint density at radius 1 is 1.06 bits per heavy atom. The van der Waals surface area contributed by atoms with E-state index in [4.69, 9.17) is 0 Å². The summed E-state index contributed by atoms with van der Waals surface area (Å²) < 4.78 is 0. The number of aromatic nitrogens is 3. The monoisotopic (exact) mass is 228 g/mol. The first kappa shape index (κ1) is 11.5. The van der Waals surface area contributed by atoms with Gasteiger partial charge in [-0.05, 0) is 37.6 Å². The summed E-state index contributed by atoms with van der Waals surface area (Å²) in [4.78, 5) is 14.9. The average molecular weight is 228 g/mol. The van der Waals surface area contributed by atoms with Crippen LogP contribution in [0.15, 0.2) is 30.6 Å². The van der Waals surface area contributed by atoms with Crippen molar-refractivity contribution in [3.63, 3.8) is 0 Å². The third-order valence-electron chi connectivity index (χ3n) is 2.48. The van der Waals surface area contributed by atoms with Crippen LogP contribution in [0.1, 0.15) is 17.0 Å². The number of aryl methyl sites for hydroxylation is 2. The van der Waals surface area contributed by atoms with Gasteiger partial charge in [0.25, 0.3) is 0 Å². The number of rotatable bonds is 3. The van der Waals surface area contributed by atoms with E-state index in [9.17, 15) is 0 Å². The Morgan fingerprint density at radius 2 is 1.65 bits per heavy atom. The van der Waals surface area contributed by atoms with Gasteiger partial charge in [-0.15, -0.1) is 0 Å². The van der Waals surface area contributed by atoms with E-state index < -0.39 is 0 Å². The summed E-state index contributed by atoms with van der Waals surface area (Å²) in [7, 11) is 1.99. The molecule has 2 heterocycles. The molecule has 17 heavy (non-hydrogen) atoms. The van der Waals surface area contributed by atoms with Crippen molar-refractivity contribution in [3.8, 4) is 0 Å². The Balaban J connectivity index is 2.17. The first-order valence-corrected chi connectivity index (χ1v) is 5.57. The molecule has 2 aromatic rings. The second-order valence-electron chi connectivity index (χ2n) is 4.16. The Bertz CT molecular complexity index is 476. The molecule has 2 aromatic heterocycles. The fraction of sp³-hybridized carbons (Fsp3) is 0.308. The molecule has 2 rings (SSSR count). The van der Waals surface area contributed by atoms with Crippen LogP contribution in [0.25, 0.3) is 0 Å². The number of hydrogen-bond acceptors (Lipinski definition) is 4. The lowest BCUT2D eigenvalue weighted by atomic mass is 10.2. The van der Waals surface area contributed by atoms with Crippen molar-refractivity contribution in [1.82, 2.24) is 15.0 Å². The van der Waals surface area contributed by atoms with E-state index in [0.29, 0.717) is 0 Å². The maximum absolute atomic E-state index is 4.43. The van der Waals surface area contributed by atoms with Crippen molar-refractivity contribution >= 4 is 5.95 Å². The van der Waals surface area contributed by atoms with E-state index in [2.05, 4.69) is 15.0 Å². The van der Waals surface area contributed by atoms with Gasteiger partial charge >= 0.3 is 0 Å². The molecule has 4 heteroatoms. The predicted molar refractivity (Wildman–Crippen MR) is 67.9 cm³/mol. The Kier molecular flexibility index (Phi) is 3.32. The van der Waals surface area contributed by atoms with Crippen LogP contribution in [0.4, 0.5) is 5.95 Å².